The van der Waals surface area contributed by atoms with Gasteiger partial charge in [-0.25, -0.2) is 13.4 Å². The van der Waals surface area contributed by atoms with Crippen LogP contribution in [0.25, 0.3) is 0 Å². The second-order valence-electron chi connectivity index (χ2n) is 2.29. The van der Waals surface area contributed by atoms with E-state index in [2.05, 4.69) is 4.98 Å². The van der Waals surface area contributed by atoms with Crippen molar-refractivity contribution in [2.45, 2.75) is 4.21 Å². The summed E-state index contributed by atoms with van der Waals surface area (Å²) in [6, 6.07) is 0. The van der Waals surface area contributed by atoms with Crippen LogP contribution in [-0.2, 0) is 9.05 Å². The van der Waals surface area contributed by atoms with Crippen LogP contribution < -0.4 is 4.90 Å². The maximum absolute atomic E-state index is 10.8. The van der Waals surface area contributed by atoms with Crippen LogP contribution in [0.15, 0.2) is 10.4 Å². The monoisotopic (exact) mass is 226 g/mol. The van der Waals surface area contributed by atoms with Crippen molar-refractivity contribution in [2.24, 2.45) is 0 Å². The third kappa shape index (κ3) is 2.09. The van der Waals surface area contributed by atoms with E-state index in [1.807, 2.05) is 0 Å². The first kappa shape index (κ1) is 9.76. The summed E-state index contributed by atoms with van der Waals surface area (Å²) in [5, 5.41) is 0.620. The van der Waals surface area contributed by atoms with Crippen molar-refractivity contribution in [1.82, 2.24) is 4.98 Å². The van der Waals surface area contributed by atoms with Gasteiger partial charge in [0.25, 0.3) is 9.05 Å². The Morgan fingerprint density at radius 1 is 1.58 bits per heavy atom. The van der Waals surface area contributed by atoms with Crippen LogP contribution >= 0.6 is 22.0 Å². The summed E-state index contributed by atoms with van der Waals surface area (Å²) < 4.78 is 21.6. The van der Waals surface area contributed by atoms with E-state index in [9.17, 15) is 8.42 Å². The number of nitrogens with zero attached hydrogens (tertiary/aromatic N) is 2. The van der Waals surface area contributed by atoms with Crippen LogP contribution in [0.2, 0.25) is 0 Å². The molecule has 0 radical (unpaired) electrons. The minimum atomic E-state index is -3.61. The van der Waals surface area contributed by atoms with Crippen molar-refractivity contribution < 1.29 is 8.42 Å². The molecule has 1 aromatic rings. The summed E-state index contributed by atoms with van der Waals surface area (Å²) in [5.74, 6) is 0. The van der Waals surface area contributed by atoms with Crippen LogP contribution in [0.3, 0.4) is 0 Å². The lowest BCUT2D eigenvalue weighted by Gasteiger charge is -2.04. The van der Waals surface area contributed by atoms with Crippen molar-refractivity contribution in [3.63, 3.8) is 0 Å². The van der Waals surface area contributed by atoms with Crippen molar-refractivity contribution in [2.75, 3.05) is 19.0 Å². The minimum Gasteiger partial charge on any atom is -0.354 e. The fraction of sp³-hybridized carbons (Fsp3) is 0.400. The molecule has 0 unspecified atom stereocenters. The molecule has 68 valence electrons. The highest BCUT2D eigenvalue weighted by molar-refractivity contribution is 8.15. The van der Waals surface area contributed by atoms with Gasteiger partial charge in [0, 0.05) is 24.8 Å². The molecule has 0 amide bonds. The summed E-state index contributed by atoms with van der Waals surface area (Å²) in [4.78, 5) is 5.58. The lowest BCUT2D eigenvalue weighted by Crippen LogP contribution is -2.07. The Labute approximate surface area is 79.2 Å². The van der Waals surface area contributed by atoms with Crippen LogP contribution in [0, 0.1) is 0 Å². The Hall–Kier alpha value is -0.330. The van der Waals surface area contributed by atoms with Gasteiger partial charge in [-0.05, 0) is 0 Å². The highest BCUT2D eigenvalue weighted by Gasteiger charge is 2.14. The number of rotatable bonds is 2. The number of halogens is 1. The third-order valence-electron chi connectivity index (χ3n) is 1.10. The van der Waals surface area contributed by atoms with E-state index in [-0.39, 0.29) is 4.21 Å². The van der Waals surface area contributed by atoms with E-state index in [0.717, 1.165) is 11.3 Å². The van der Waals surface area contributed by atoms with Crippen LogP contribution in [0.5, 0.6) is 0 Å². The van der Waals surface area contributed by atoms with Gasteiger partial charge in [-0.2, -0.15) is 0 Å². The first-order chi connectivity index (χ1) is 5.41. The highest BCUT2D eigenvalue weighted by atomic mass is 35.7. The zero-order chi connectivity index (χ0) is 9.35. The Morgan fingerprint density at radius 2 is 2.17 bits per heavy atom. The van der Waals surface area contributed by atoms with Crippen molar-refractivity contribution in [3.05, 3.63) is 6.20 Å². The molecule has 0 aliphatic heterocycles. The van der Waals surface area contributed by atoms with Crippen molar-refractivity contribution in [3.8, 4) is 0 Å². The molecule has 0 N–H and O–H groups in total. The zero-order valence-electron chi connectivity index (χ0n) is 6.48. The molecule has 0 saturated heterocycles. The van der Waals surface area contributed by atoms with Gasteiger partial charge in [-0.15, -0.1) is 0 Å². The van der Waals surface area contributed by atoms with Crippen molar-refractivity contribution >= 4 is 36.2 Å². The number of aromatic nitrogens is 1. The van der Waals surface area contributed by atoms with Gasteiger partial charge >= 0.3 is 0 Å². The number of thiazole rings is 1. The van der Waals surface area contributed by atoms with Crippen molar-refractivity contribution in [1.29, 1.82) is 0 Å². The maximum atomic E-state index is 10.8. The van der Waals surface area contributed by atoms with E-state index >= 15 is 0 Å². The Balaban J connectivity index is 3.09. The predicted molar refractivity (Wildman–Crippen MR) is 49.5 cm³/mol. The van der Waals surface area contributed by atoms with E-state index in [0.29, 0.717) is 5.13 Å². The second kappa shape index (κ2) is 3.20. The molecular formula is C5H7ClN2O2S2. The van der Waals surface area contributed by atoms with E-state index in [1.54, 1.807) is 19.0 Å². The average Bonchev–Trinajstić information content (AvgIpc) is 2.30. The smallest absolute Gasteiger partial charge is 0.272 e. The van der Waals surface area contributed by atoms with Crippen LogP contribution in [-0.4, -0.2) is 27.5 Å². The fourth-order valence-electron chi connectivity index (χ4n) is 0.570. The molecular weight excluding hydrogens is 220 g/mol. The summed E-state index contributed by atoms with van der Waals surface area (Å²) in [5.41, 5.74) is 0. The molecule has 0 bridgehead atoms. The number of hydrogen-bond donors (Lipinski definition) is 0. The molecule has 12 heavy (non-hydrogen) atoms. The Bertz CT molecular complexity index is 371. The largest absolute Gasteiger partial charge is 0.354 e. The molecule has 7 heteroatoms. The maximum Gasteiger partial charge on any atom is 0.272 e. The second-order valence-corrected chi connectivity index (χ2v) is 6.10. The van der Waals surface area contributed by atoms with Gasteiger partial charge in [0.2, 0.25) is 0 Å². The van der Waals surface area contributed by atoms with Crippen LogP contribution in [0.4, 0.5) is 5.13 Å². The number of hydrogen-bond acceptors (Lipinski definition) is 5. The quantitative estimate of drug-likeness (QED) is 0.710. The Morgan fingerprint density at radius 3 is 2.42 bits per heavy atom. The van der Waals surface area contributed by atoms with Gasteiger partial charge in [0.15, 0.2) is 9.34 Å². The molecule has 0 aliphatic rings. The van der Waals surface area contributed by atoms with Gasteiger partial charge < -0.3 is 4.90 Å². The topological polar surface area (TPSA) is 50.3 Å². The fourth-order valence-corrected chi connectivity index (χ4v) is 2.35. The van der Waals surface area contributed by atoms with Crippen LogP contribution in [0.1, 0.15) is 0 Å². The van der Waals surface area contributed by atoms with Gasteiger partial charge in [0.1, 0.15) is 0 Å². The molecule has 0 aromatic carbocycles. The average molecular weight is 227 g/mol. The summed E-state index contributed by atoms with van der Waals surface area (Å²) in [6.45, 7) is 0. The van der Waals surface area contributed by atoms with E-state index in [1.165, 1.54) is 6.20 Å². The van der Waals surface area contributed by atoms with Gasteiger partial charge in [-0.1, -0.05) is 11.3 Å². The minimum absolute atomic E-state index is 0.0767. The molecule has 4 nitrogen and oxygen atoms in total. The molecule has 0 spiro atoms. The molecule has 1 aromatic heterocycles. The lowest BCUT2D eigenvalue weighted by atomic mass is 10.9. The first-order valence-corrected chi connectivity index (χ1v) is 6.11. The van der Waals surface area contributed by atoms with E-state index in [4.69, 9.17) is 10.7 Å². The van der Waals surface area contributed by atoms with Gasteiger partial charge in [-0.3, -0.25) is 0 Å². The van der Waals surface area contributed by atoms with Gasteiger partial charge in [0.05, 0.1) is 6.20 Å². The molecule has 1 rings (SSSR count). The molecule has 0 atom stereocenters. The standard InChI is InChI=1S/C5H7ClN2O2S2/c1-8(2)5-7-3-4(11-5)12(6,9)10/h3H,1-2H3. The summed E-state index contributed by atoms with van der Waals surface area (Å²) in [7, 11) is 5.05. The zero-order valence-corrected chi connectivity index (χ0v) is 8.87. The highest BCUT2D eigenvalue weighted by Crippen LogP contribution is 2.26. The van der Waals surface area contributed by atoms with E-state index < -0.39 is 9.05 Å². The summed E-state index contributed by atoms with van der Waals surface area (Å²) in [6.07, 6.45) is 1.25. The molecule has 1 heterocycles. The first-order valence-electron chi connectivity index (χ1n) is 2.99. The lowest BCUT2D eigenvalue weighted by molar-refractivity contribution is 0.611. The molecule has 0 saturated carbocycles. The SMILES string of the molecule is CN(C)c1ncc(S(=O)(=O)Cl)s1. The predicted octanol–water partition coefficient (Wildman–Crippen LogP) is 1.14. The molecule has 0 aliphatic carbocycles. The number of anilines is 1. The normalized spacial score (nSPS) is 11.6. The third-order valence-corrected chi connectivity index (χ3v) is 4.32. The molecule has 0 fully saturated rings. The Kier molecular flexibility index (Phi) is 2.60. The summed E-state index contributed by atoms with van der Waals surface area (Å²) >= 11 is 1.04.